The number of hydrogen-bond acceptors (Lipinski definition) is 4. The number of aromatic amines is 1. The highest BCUT2D eigenvalue weighted by Gasteiger charge is 2.27. The first-order chi connectivity index (χ1) is 14.1. The predicted octanol–water partition coefficient (Wildman–Crippen LogP) is 3.17. The number of benzene rings is 2. The smallest absolute Gasteiger partial charge is 0.248 e. The molecule has 1 amide bonds. The molecule has 30 heavy (non-hydrogen) atoms. The third kappa shape index (κ3) is 5.34. The van der Waals surface area contributed by atoms with Crippen LogP contribution in [0.5, 0.6) is 0 Å². The maximum Gasteiger partial charge on any atom is 0.248 e. The zero-order chi connectivity index (χ0) is 21.9. The molecule has 0 saturated heterocycles. The Labute approximate surface area is 175 Å². The fourth-order valence-electron chi connectivity index (χ4n) is 3.10. The van der Waals surface area contributed by atoms with Gasteiger partial charge in [-0.2, -0.15) is 4.72 Å². The lowest BCUT2D eigenvalue weighted by molar-refractivity contribution is -0.118. The summed E-state index contributed by atoms with van der Waals surface area (Å²) in [5, 5.41) is 3.36. The molecule has 8 heteroatoms. The zero-order valence-electron chi connectivity index (χ0n) is 17.1. The van der Waals surface area contributed by atoms with Crippen molar-refractivity contribution in [3.8, 4) is 0 Å². The van der Waals surface area contributed by atoms with Gasteiger partial charge in [-0.3, -0.25) is 9.59 Å². The fourth-order valence-corrected chi connectivity index (χ4v) is 4.34. The van der Waals surface area contributed by atoms with Crippen molar-refractivity contribution in [2.75, 3.05) is 5.32 Å². The molecule has 0 saturated carbocycles. The van der Waals surface area contributed by atoms with Crippen LogP contribution in [0, 0.1) is 12.8 Å². The molecular weight excluding hydrogens is 402 g/mol. The lowest BCUT2D eigenvalue weighted by Crippen LogP contribution is -2.44. The topological polar surface area (TPSA) is 108 Å². The number of carbonyl (C=O) groups excluding carboxylic acids is 1. The molecule has 0 radical (unpaired) electrons. The summed E-state index contributed by atoms with van der Waals surface area (Å²) in [6, 6.07) is 13.7. The van der Waals surface area contributed by atoms with Crippen LogP contribution in [0.4, 0.5) is 5.69 Å². The van der Waals surface area contributed by atoms with Crippen LogP contribution < -0.4 is 15.6 Å². The maximum absolute atomic E-state index is 13.0. The minimum atomic E-state index is -3.95. The van der Waals surface area contributed by atoms with Crippen molar-refractivity contribution in [3.05, 3.63) is 70.5 Å². The first kappa shape index (κ1) is 21.7. The molecule has 0 fully saturated rings. The van der Waals surface area contributed by atoms with Crippen LogP contribution in [0.1, 0.15) is 25.8 Å². The highest BCUT2D eigenvalue weighted by molar-refractivity contribution is 7.89. The van der Waals surface area contributed by atoms with E-state index in [0.29, 0.717) is 23.0 Å². The number of sulfonamides is 1. The van der Waals surface area contributed by atoms with Crippen LogP contribution in [0.2, 0.25) is 0 Å². The van der Waals surface area contributed by atoms with Crippen molar-refractivity contribution in [2.45, 2.75) is 38.1 Å². The number of carbonyl (C=O) groups is 1. The molecule has 0 spiro atoms. The molecule has 0 bridgehead atoms. The van der Waals surface area contributed by atoms with E-state index in [0.717, 1.165) is 5.56 Å². The van der Waals surface area contributed by atoms with Crippen LogP contribution in [-0.4, -0.2) is 25.4 Å². The molecule has 7 nitrogen and oxygen atoms in total. The predicted molar refractivity (Wildman–Crippen MR) is 118 cm³/mol. The molecule has 158 valence electrons. The number of amides is 1. The molecule has 1 aromatic heterocycles. The Bertz CT molecular complexity index is 1220. The normalized spacial score (nSPS) is 12.8. The molecule has 3 rings (SSSR count). The van der Waals surface area contributed by atoms with Gasteiger partial charge in [0.15, 0.2) is 0 Å². The van der Waals surface area contributed by atoms with Gasteiger partial charge in [-0.15, -0.1) is 0 Å². The fraction of sp³-hybridized carbons (Fsp3) is 0.273. The lowest BCUT2D eigenvalue weighted by atomic mass is 10.0. The van der Waals surface area contributed by atoms with E-state index in [4.69, 9.17) is 0 Å². The molecule has 2 aromatic carbocycles. The standard InChI is InChI=1S/C22H25N3O4S/c1-14(2)12-20(22(27)23-17-7-4-15(3)5-8-17)25-30(28,29)18-9-10-19-16(13-18)6-11-21(26)24-19/h4-11,13-14,20,25H,12H2,1-3H3,(H,23,27)(H,24,26). The molecule has 3 N–H and O–H groups in total. The van der Waals surface area contributed by atoms with E-state index < -0.39 is 22.0 Å². The Morgan fingerprint density at radius 3 is 2.40 bits per heavy atom. The van der Waals surface area contributed by atoms with Gasteiger partial charge in [0.1, 0.15) is 6.04 Å². The minimum absolute atomic E-state index is 0.0268. The van der Waals surface area contributed by atoms with Gasteiger partial charge in [0.25, 0.3) is 0 Å². The van der Waals surface area contributed by atoms with Gasteiger partial charge in [-0.1, -0.05) is 31.5 Å². The Morgan fingerprint density at radius 2 is 1.73 bits per heavy atom. The number of aryl methyl sites for hydroxylation is 1. The zero-order valence-corrected chi connectivity index (χ0v) is 17.9. The van der Waals surface area contributed by atoms with Gasteiger partial charge in [0, 0.05) is 17.3 Å². The molecule has 0 aliphatic carbocycles. The number of hydrogen-bond donors (Lipinski definition) is 3. The van der Waals surface area contributed by atoms with E-state index >= 15 is 0 Å². The third-order valence-electron chi connectivity index (χ3n) is 4.65. The first-order valence-corrected chi connectivity index (χ1v) is 11.2. The number of H-pyrrole nitrogens is 1. The average molecular weight is 428 g/mol. The van der Waals surface area contributed by atoms with E-state index in [1.54, 1.807) is 18.2 Å². The summed E-state index contributed by atoms with van der Waals surface area (Å²) in [7, 11) is -3.95. The van der Waals surface area contributed by atoms with Gasteiger partial charge in [0.05, 0.1) is 4.90 Å². The summed E-state index contributed by atoms with van der Waals surface area (Å²) in [5.41, 5.74) is 1.94. The van der Waals surface area contributed by atoms with Crippen LogP contribution in [0.25, 0.3) is 10.9 Å². The van der Waals surface area contributed by atoms with Gasteiger partial charge in [-0.05, 0) is 61.0 Å². The van der Waals surface area contributed by atoms with E-state index in [9.17, 15) is 18.0 Å². The summed E-state index contributed by atoms with van der Waals surface area (Å²) >= 11 is 0. The van der Waals surface area contributed by atoms with Crippen LogP contribution in [0.15, 0.2) is 64.3 Å². The van der Waals surface area contributed by atoms with Crippen molar-refractivity contribution in [1.82, 2.24) is 9.71 Å². The molecule has 0 aliphatic rings. The number of anilines is 1. The summed E-state index contributed by atoms with van der Waals surface area (Å²) in [6.07, 6.45) is 0.345. The Balaban J connectivity index is 1.85. The van der Waals surface area contributed by atoms with Gasteiger partial charge in [-0.25, -0.2) is 8.42 Å². The van der Waals surface area contributed by atoms with E-state index in [2.05, 4.69) is 15.0 Å². The van der Waals surface area contributed by atoms with Crippen molar-refractivity contribution >= 4 is 32.5 Å². The Kier molecular flexibility index (Phi) is 6.38. The number of nitrogens with one attached hydrogen (secondary N) is 3. The second-order valence-electron chi connectivity index (χ2n) is 7.73. The number of aromatic nitrogens is 1. The van der Waals surface area contributed by atoms with Crippen LogP contribution in [-0.2, 0) is 14.8 Å². The van der Waals surface area contributed by atoms with Crippen molar-refractivity contribution in [2.24, 2.45) is 5.92 Å². The number of rotatable bonds is 7. The van der Waals surface area contributed by atoms with E-state index in [1.807, 2.05) is 32.9 Å². The first-order valence-electron chi connectivity index (χ1n) is 9.67. The van der Waals surface area contributed by atoms with Crippen LogP contribution in [0.3, 0.4) is 0 Å². The molecule has 1 heterocycles. The van der Waals surface area contributed by atoms with E-state index in [-0.39, 0.29) is 16.4 Å². The molecule has 1 atom stereocenters. The molecule has 0 aliphatic heterocycles. The van der Waals surface area contributed by atoms with Crippen molar-refractivity contribution < 1.29 is 13.2 Å². The molecule has 1 unspecified atom stereocenters. The summed E-state index contributed by atoms with van der Waals surface area (Å²) < 4.78 is 28.5. The van der Waals surface area contributed by atoms with Crippen LogP contribution >= 0.6 is 0 Å². The Morgan fingerprint density at radius 1 is 1.03 bits per heavy atom. The van der Waals surface area contributed by atoms with E-state index in [1.165, 1.54) is 24.3 Å². The average Bonchev–Trinajstić information content (AvgIpc) is 2.68. The quantitative estimate of drug-likeness (QED) is 0.538. The summed E-state index contributed by atoms with van der Waals surface area (Å²) in [5.74, 6) is -0.315. The lowest BCUT2D eigenvalue weighted by Gasteiger charge is -2.20. The molecule has 3 aromatic rings. The highest BCUT2D eigenvalue weighted by Crippen LogP contribution is 2.18. The Hall–Kier alpha value is -2.97. The highest BCUT2D eigenvalue weighted by atomic mass is 32.2. The SMILES string of the molecule is Cc1ccc(NC(=O)C(CC(C)C)NS(=O)(=O)c2ccc3[nH]c(=O)ccc3c2)cc1. The van der Waals surface area contributed by atoms with Gasteiger partial charge < -0.3 is 10.3 Å². The second-order valence-corrected chi connectivity index (χ2v) is 9.44. The molecular formula is C22H25N3O4S. The van der Waals surface area contributed by atoms with Gasteiger partial charge in [0.2, 0.25) is 21.5 Å². The third-order valence-corrected chi connectivity index (χ3v) is 6.11. The van der Waals surface area contributed by atoms with Crippen molar-refractivity contribution in [3.63, 3.8) is 0 Å². The summed E-state index contributed by atoms with van der Waals surface area (Å²) in [4.78, 5) is 26.9. The number of fused-ring (bicyclic) bond motifs is 1. The largest absolute Gasteiger partial charge is 0.325 e. The minimum Gasteiger partial charge on any atom is -0.325 e. The second kappa shape index (κ2) is 8.81. The number of pyridine rings is 1. The summed E-state index contributed by atoms with van der Waals surface area (Å²) in [6.45, 7) is 5.79. The van der Waals surface area contributed by atoms with Crippen molar-refractivity contribution in [1.29, 1.82) is 0 Å². The monoisotopic (exact) mass is 427 g/mol. The van der Waals surface area contributed by atoms with Gasteiger partial charge >= 0.3 is 0 Å². The maximum atomic E-state index is 13.0.